The lowest BCUT2D eigenvalue weighted by atomic mass is 10.2. The SMILES string of the molecule is CCOC(=O)[C@H](N)CC.Cl. The monoisotopic (exact) mass is 167 g/mol. The summed E-state index contributed by atoms with van der Waals surface area (Å²) in [5.41, 5.74) is 5.33. The first kappa shape index (κ1) is 12.4. The largest absolute Gasteiger partial charge is 0.465 e. The molecule has 0 saturated carbocycles. The molecule has 62 valence electrons. The van der Waals surface area contributed by atoms with Crippen LogP contribution >= 0.6 is 12.4 Å². The second-order valence-corrected chi connectivity index (χ2v) is 1.77. The van der Waals surface area contributed by atoms with Crippen LogP contribution in [0.5, 0.6) is 0 Å². The van der Waals surface area contributed by atoms with Crippen molar-refractivity contribution in [2.45, 2.75) is 26.3 Å². The fourth-order valence-electron chi connectivity index (χ4n) is 0.416. The maximum absolute atomic E-state index is 10.6. The molecule has 0 spiro atoms. The van der Waals surface area contributed by atoms with E-state index < -0.39 is 6.04 Å². The molecule has 0 aliphatic rings. The van der Waals surface area contributed by atoms with E-state index in [4.69, 9.17) is 5.73 Å². The molecular weight excluding hydrogens is 154 g/mol. The molecule has 0 rings (SSSR count). The van der Waals surface area contributed by atoms with Crippen LogP contribution in [0, 0.1) is 0 Å². The predicted octanol–water partition coefficient (Wildman–Crippen LogP) is 0.709. The molecule has 0 heterocycles. The van der Waals surface area contributed by atoms with Gasteiger partial charge in [0, 0.05) is 0 Å². The van der Waals surface area contributed by atoms with Crippen molar-refractivity contribution in [1.29, 1.82) is 0 Å². The Bertz CT molecular complexity index is 97.7. The Kier molecular flexibility index (Phi) is 8.48. The van der Waals surface area contributed by atoms with Gasteiger partial charge in [0.15, 0.2) is 0 Å². The molecule has 0 radical (unpaired) electrons. The first-order valence-corrected chi connectivity index (χ1v) is 3.14. The summed E-state index contributed by atoms with van der Waals surface area (Å²) in [7, 11) is 0. The van der Waals surface area contributed by atoms with E-state index in [0.29, 0.717) is 13.0 Å². The van der Waals surface area contributed by atoms with Crippen molar-refractivity contribution in [2.24, 2.45) is 5.73 Å². The van der Waals surface area contributed by atoms with Gasteiger partial charge in [0.2, 0.25) is 0 Å². The van der Waals surface area contributed by atoms with Crippen LogP contribution < -0.4 is 5.73 Å². The summed E-state index contributed by atoms with van der Waals surface area (Å²) in [5, 5.41) is 0. The van der Waals surface area contributed by atoms with E-state index in [1.807, 2.05) is 6.92 Å². The van der Waals surface area contributed by atoms with Crippen molar-refractivity contribution in [2.75, 3.05) is 6.61 Å². The highest BCUT2D eigenvalue weighted by atomic mass is 35.5. The lowest BCUT2D eigenvalue weighted by molar-refractivity contribution is -0.144. The summed E-state index contributed by atoms with van der Waals surface area (Å²) >= 11 is 0. The minimum absolute atomic E-state index is 0. The molecule has 1 atom stereocenters. The Morgan fingerprint density at radius 1 is 1.60 bits per heavy atom. The summed E-state index contributed by atoms with van der Waals surface area (Å²) in [4.78, 5) is 10.6. The lowest BCUT2D eigenvalue weighted by Crippen LogP contribution is -2.31. The van der Waals surface area contributed by atoms with Gasteiger partial charge in [0.05, 0.1) is 6.61 Å². The fraction of sp³-hybridized carbons (Fsp3) is 0.833. The van der Waals surface area contributed by atoms with Crippen LogP contribution in [0.3, 0.4) is 0 Å². The Hall–Kier alpha value is -0.280. The van der Waals surface area contributed by atoms with E-state index in [1.165, 1.54) is 0 Å². The minimum Gasteiger partial charge on any atom is -0.465 e. The van der Waals surface area contributed by atoms with E-state index in [9.17, 15) is 4.79 Å². The van der Waals surface area contributed by atoms with Crippen LogP contribution in [0.25, 0.3) is 0 Å². The van der Waals surface area contributed by atoms with Crippen LogP contribution in [0.4, 0.5) is 0 Å². The minimum atomic E-state index is -0.440. The first-order valence-electron chi connectivity index (χ1n) is 3.14. The van der Waals surface area contributed by atoms with Gasteiger partial charge in [-0.3, -0.25) is 4.79 Å². The highest BCUT2D eigenvalue weighted by molar-refractivity contribution is 5.85. The van der Waals surface area contributed by atoms with E-state index in [0.717, 1.165) is 0 Å². The van der Waals surface area contributed by atoms with Crippen LogP contribution in [0.1, 0.15) is 20.3 Å². The zero-order valence-corrected chi connectivity index (χ0v) is 7.11. The van der Waals surface area contributed by atoms with Crippen LogP contribution in [0.15, 0.2) is 0 Å². The zero-order valence-electron chi connectivity index (χ0n) is 6.29. The molecule has 2 N–H and O–H groups in total. The molecule has 0 aliphatic heterocycles. The fourth-order valence-corrected chi connectivity index (χ4v) is 0.416. The molecule has 0 fully saturated rings. The van der Waals surface area contributed by atoms with Crippen molar-refractivity contribution < 1.29 is 9.53 Å². The second-order valence-electron chi connectivity index (χ2n) is 1.77. The molecule has 4 heteroatoms. The highest BCUT2D eigenvalue weighted by Gasteiger charge is 2.10. The van der Waals surface area contributed by atoms with E-state index in [2.05, 4.69) is 4.74 Å². The van der Waals surface area contributed by atoms with E-state index in [-0.39, 0.29) is 18.4 Å². The number of esters is 1. The summed E-state index contributed by atoms with van der Waals surface area (Å²) in [5.74, 6) is -0.306. The van der Waals surface area contributed by atoms with Crippen LogP contribution in [0.2, 0.25) is 0 Å². The van der Waals surface area contributed by atoms with Gasteiger partial charge in [-0.25, -0.2) is 0 Å². The van der Waals surface area contributed by atoms with Gasteiger partial charge in [-0.05, 0) is 13.3 Å². The Morgan fingerprint density at radius 3 is 2.40 bits per heavy atom. The van der Waals surface area contributed by atoms with Crippen molar-refractivity contribution in [3.63, 3.8) is 0 Å². The standard InChI is InChI=1S/C6H13NO2.ClH/c1-3-5(7)6(8)9-4-2;/h5H,3-4,7H2,1-2H3;1H/t5-;/m1./s1. The second kappa shape index (κ2) is 6.83. The van der Waals surface area contributed by atoms with Gasteiger partial charge in [0.1, 0.15) is 6.04 Å². The summed E-state index contributed by atoms with van der Waals surface area (Å²) in [6.45, 7) is 4.02. The molecule has 0 amide bonds. The summed E-state index contributed by atoms with van der Waals surface area (Å²) in [6.07, 6.45) is 0.638. The summed E-state index contributed by atoms with van der Waals surface area (Å²) in [6, 6.07) is -0.440. The molecule has 0 aromatic rings. The normalized spacial score (nSPS) is 11.5. The summed E-state index contributed by atoms with van der Waals surface area (Å²) < 4.78 is 4.63. The third kappa shape index (κ3) is 4.58. The molecule has 3 nitrogen and oxygen atoms in total. The number of carbonyl (C=O) groups excluding carboxylic acids is 1. The molecule has 10 heavy (non-hydrogen) atoms. The molecule has 0 aliphatic carbocycles. The average molecular weight is 168 g/mol. The molecule has 0 aromatic heterocycles. The van der Waals surface area contributed by atoms with Gasteiger partial charge in [-0.2, -0.15) is 0 Å². The van der Waals surface area contributed by atoms with Crippen LogP contribution in [-0.2, 0) is 9.53 Å². The average Bonchev–Trinajstić information content (AvgIpc) is 1.87. The first-order chi connectivity index (χ1) is 4.22. The third-order valence-corrected chi connectivity index (χ3v) is 1.03. The van der Waals surface area contributed by atoms with Gasteiger partial charge in [-0.15, -0.1) is 12.4 Å². The van der Waals surface area contributed by atoms with Crippen molar-refractivity contribution in [3.05, 3.63) is 0 Å². The number of nitrogens with two attached hydrogens (primary N) is 1. The van der Waals surface area contributed by atoms with Gasteiger partial charge >= 0.3 is 5.97 Å². The van der Waals surface area contributed by atoms with Gasteiger partial charge in [0.25, 0.3) is 0 Å². The number of ether oxygens (including phenoxy) is 1. The van der Waals surface area contributed by atoms with Crippen LogP contribution in [-0.4, -0.2) is 18.6 Å². The van der Waals surface area contributed by atoms with Crippen molar-refractivity contribution >= 4 is 18.4 Å². The molecule has 0 saturated heterocycles. The van der Waals surface area contributed by atoms with E-state index >= 15 is 0 Å². The number of hydrogen-bond donors (Lipinski definition) is 1. The topological polar surface area (TPSA) is 52.3 Å². The Labute approximate surface area is 67.3 Å². The molecular formula is C6H14ClNO2. The van der Waals surface area contributed by atoms with Gasteiger partial charge < -0.3 is 10.5 Å². The maximum Gasteiger partial charge on any atom is 0.322 e. The molecule has 0 unspecified atom stereocenters. The molecule has 0 bridgehead atoms. The number of rotatable bonds is 3. The third-order valence-electron chi connectivity index (χ3n) is 1.03. The number of carbonyl (C=O) groups is 1. The molecule has 0 aromatic carbocycles. The van der Waals surface area contributed by atoms with Crippen molar-refractivity contribution in [3.8, 4) is 0 Å². The highest BCUT2D eigenvalue weighted by Crippen LogP contribution is 1.89. The maximum atomic E-state index is 10.6. The predicted molar refractivity (Wildman–Crippen MR) is 42.1 cm³/mol. The Balaban J connectivity index is 0. The zero-order chi connectivity index (χ0) is 7.28. The van der Waals surface area contributed by atoms with Gasteiger partial charge in [-0.1, -0.05) is 6.92 Å². The lowest BCUT2D eigenvalue weighted by Gasteiger charge is -2.05. The Morgan fingerprint density at radius 2 is 2.10 bits per heavy atom. The smallest absolute Gasteiger partial charge is 0.322 e. The van der Waals surface area contributed by atoms with Crippen molar-refractivity contribution in [1.82, 2.24) is 0 Å². The quantitative estimate of drug-likeness (QED) is 0.630. The van der Waals surface area contributed by atoms with E-state index in [1.54, 1.807) is 6.92 Å². The number of halogens is 1. The number of hydrogen-bond acceptors (Lipinski definition) is 3.